The molecule has 3 rings (SSSR count). The van der Waals surface area contributed by atoms with Gasteiger partial charge in [0.1, 0.15) is 5.75 Å². The second-order valence-corrected chi connectivity index (χ2v) is 4.98. The summed E-state index contributed by atoms with van der Waals surface area (Å²) in [4.78, 5) is 24.5. The number of ether oxygens (including phenoxy) is 1. The predicted molar refractivity (Wildman–Crippen MR) is 81.2 cm³/mol. The lowest BCUT2D eigenvalue weighted by Gasteiger charge is -2.12. The van der Waals surface area contributed by atoms with Crippen molar-refractivity contribution in [2.45, 2.75) is 20.4 Å². The van der Waals surface area contributed by atoms with Crippen LogP contribution in [0.3, 0.4) is 0 Å². The van der Waals surface area contributed by atoms with E-state index in [9.17, 15) is 4.79 Å². The second kappa shape index (κ2) is 5.99. The summed E-state index contributed by atoms with van der Waals surface area (Å²) < 4.78 is 11.5. The van der Waals surface area contributed by atoms with Crippen molar-refractivity contribution < 1.29 is 9.26 Å². The van der Waals surface area contributed by atoms with E-state index in [2.05, 4.69) is 20.1 Å². The van der Waals surface area contributed by atoms with Gasteiger partial charge >= 0.3 is 5.76 Å². The largest absolute Gasteiger partial charge is 0.496 e. The van der Waals surface area contributed by atoms with Crippen molar-refractivity contribution in [2.24, 2.45) is 0 Å². The molecule has 0 aliphatic carbocycles. The fourth-order valence-electron chi connectivity index (χ4n) is 2.36. The van der Waals surface area contributed by atoms with Crippen LogP contribution in [0.15, 0.2) is 34.0 Å². The van der Waals surface area contributed by atoms with Crippen molar-refractivity contribution in [2.75, 3.05) is 7.11 Å². The van der Waals surface area contributed by atoms with E-state index >= 15 is 0 Å². The van der Waals surface area contributed by atoms with Gasteiger partial charge < -0.3 is 4.74 Å². The quantitative estimate of drug-likeness (QED) is 0.717. The van der Waals surface area contributed by atoms with Crippen LogP contribution in [0.1, 0.15) is 16.8 Å². The Kier molecular flexibility index (Phi) is 3.88. The lowest BCUT2D eigenvalue weighted by atomic mass is 10.1. The predicted octanol–water partition coefficient (Wildman–Crippen LogP) is 1.36. The first-order valence-electron chi connectivity index (χ1n) is 6.94. The Hall–Kier alpha value is -3.03. The molecule has 8 heteroatoms. The minimum Gasteiger partial charge on any atom is -0.496 e. The summed E-state index contributed by atoms with van der Waals surface area (Å²) in [7, 11) is 1.61. The summed E-state index contributed by atoms with van der Waals surface area (Å²) in [5.74, 6) is 0.733. The average Bonchev–Trinajstić information content (AvgIpc) is 2.92. The standard InChI is InChI=1S/C15H15N5O3/c1-9-7-18-11(10(2)12(9)22-3)8-20-14(19-23-15(20)21)13-16-5-4-6-17-13/h4-7H,8H2,1-3H3. The molecule has 3 aromatic rings. The first-order valence-corrected chi connectivity index (χ1v) is 6.94. The van der Waals surface area contributed by atoms with Crippen LogP contribution in [0.4, 0.5) is 0 Å². The Morgan fingerprint density at radius 1 is 1.22 bits per heavy atom. The summed E-state index contributed by atoms with van der Waals surface area (Å²) in [5.41, 5.74) is 2.48. The molecule has 0 amide bonds. The summed E-state index contributed by atoms with van der Waals surface area (Å²) in [6, 6.07) is 1.68. The number of methoxy groups -OCH3 is 1. The zero-order valence-electron chi connectivity index (χ0n) is 13.0. The zero-order chi connectivity index (χ0) is 16.4. The molecule has 0 radical (unpaired) electrons. The van der Waals surface area contributed by atoms with Crippen molar-refractivity contribution in [3.8, 4) is 17.4 Å². The molecule has 0 unspecified atom stereocenters. The molecule has 0 bridgehead atoms. The smallest absolute Gasteiger partial charge is 0.442 e. The van der Waals surface area contributed by atoms with E-state index in [1.165, 1.54) is 4.57 Å². The fraction of sp³-hybridized carbons (Fsp3) is 0.267. The fourth-order valence-corrected chi connectivity index (χ4v) is 2.36. The number of aromatic nitrogens is 5. The topological polar surface area (TPSA) is 95.9 Å². The molecular formula is C15H15N5O3. The van der Waals surface area contributed by atoms with Crippen LogP contribution in [-0.4, -0.2) is 31.8 Å². The van der Waals surface area contributed by atoms with Crippen molar-refractivity contribution >= 4 is 0 Å². The zero-order valence-corrected chi connectivity index (χ0v) is 13.0. The molecule has 3 heterocycles. The van der Waals surface area contributed by atoms with Gasteiger partial charge in [0.05, 0.1) is 19.3 Å². The first kappa shape index (κ1) is 14.9. The lowest BCUT2D eigenvalue weighted by molar-refractivity contribution is 0.377. The Balaban J connectivity index is 2.06. The molecule has 0 atom stereocenters. The first-order chi connectivity index (χ1) is 11.1. The van der Waals surface area contributed by atoms with Crippen molar-refractivity contribution in [1.82, 2.24) is 24.7 Å². The highest BCUT2D eigenvalue weighted by Crippen LogP contribution is 2.24. The van der Waals surface area contributed by atoms with Gasteiger partial charge in [-0.05, 0) is 19.9 Å². The van der Waals surface area contributed by atoms with E-state index in [1.54, 1.807) is 31.8 Å². The number of hydrogen-bond donors (Lipinski definition) is 0. The summed E-state index contributed by atoms with van der Waals surface area (Å²) >= 11 is 0. The molecule has 0 aliphatic heterocycles. The summed E-state index contributed by atoms with van der Waals surface area (Å²) in [5, 5.41) is 3.76. The lowest BCUT2D eigenvalue weighted by Crippen LogP contribution is -2.18. The third-order valence-electron chi connectivity index (χ3n) is 3.51. The maximum atomic E-state index is 12.0. The Labute approximate surface area is 131 Å². The van der Waals surface area contributed by atoms with Crippen molar-refractivity contribution in [1.29, 1.82) is 0 Å². The number of rotatable bonds is 4. The van der Waals surface area contributed by atoms with Gasteiger partial charge in [-0.25, -0.2) is 19.3 Å². The Morgan fingerprint density at radius 3 is 2.65 bits per heavy atom. The van der Waals surface area contributed by atoms with Crippen molar-refractivity contribution in [3.63, 3.8) is 0 Å². The van der Waals surface area contributed by atoms with Gasteiger partial charge in [-0.3, -0.25) is 9.51 Å². The van der Waals surface area contributed by atoms with Gasteiger partial charge in [0.15, 0.2) is 5.82 Å². The van der Waals surface area contributed by atoms with Crippen LogP contribution in [0, 0.1) is 13.8 Å². The summed E-state index contributed by atoms with van der Waals surface area (Å²) in [6.07, 6.45) is 4.85. The SMILES string of the molecule is COc1c(C)cnc(Cn2c(-c3ncccn3)noc2=O)c1C. The van der Waals surface area contributed by atoms with Crippen LogP contribution in [-0.2, 0) is 6.54 Å². The number of aryl methyl sites for hydroxylation is 1. The van der Waals surface area contributed by atoms with Gasteiger partial charge in [-0.1, -0.05) is 5.16 Å². The van der Waals surface area contributed by atoms with E-state index < -0.39 is 5.76 Å². The maximum absolute atomic E-state index is 12.0. The number of hydrogen-bond acceptors (Lipinski definition) is 7. The molecule has 0 aromatic carbocycles. The third kappa shape index (κ3) is 2.70. The van der Waals surface area contributed by atoms with Gasteiger partial charge in [-0.15, -0.1) is 0 Å². The van der Waals surface area contributed by atoms with Crippen LogP contribution in [0.25, 0.3) is 11.6 Å². The van der Waals surface area contributed by atoms with Gasteiger partial charge in [-0.2, -0.15) is 0 Å². The van der Waals surface area contributed by atoms with Gasteiger partial charge in [0, 0.05) is 29.7 Å². The maximum Gasteiger partial charge on any atom is 0.442 e. The molecule has 23 heavy (non-hydrogen) atoms. The van der Waals surface area contributed by atoms with Gasteiger partial charge in [0.25, 0.3) is 0 Å². The highest BCUT2D eigenvalue weighted by atomic mass is 16.5. The van der Waals surface area contributed by atoms with Crippen LogP contribution in [0.5, 0.6) is 5.75 Å². The monoisotopic (exact) mass is 313 g/mol. The van der Waals surface area contributed by atoms with E-state index in [0.717, 1.165) is 16.9 Å². The van der Waals surface area contributed by atoms with E-state index in [0.29, 0.717) is 11.5 Å². The van der Waals surface area contributed by atoms with Crippen molar-refractivity contribution in [3.05, 3.63) is 52.0 Å². The molecule has 0 N–H and O–H groups in total. The van der Waals surface area contributed by atoms with Crippen LogP contribution in [0.2, 0.25) is 0 Å². The highest BCUT2D eigenvalue weighted by Gasteiger charge is 2.18. The Morgan fingerprint density at radius 2 is 1.96 bits per heavy atom. The van der Waals surface area contributed by atoms with Gasteiger partial charge in [0.2, 0.25) is 5.82 Å². The molecule has 0 aliphatic rings. The molecule has 3 aromatic heterocycles. The van der Waals surface area contributed by atoms with Crippen LogP contribution >= 0.6 is 0 Å². The molecule has 0 spiro atoms. The number of pyridine rings is 1. The minimum atomic E-state index is -0.590. The van der Waals surface area contributed by atoms with E-state index in [4.69, 9.17) is 9.26 Å². The summed E-state index contributed by atoms with van der Waals surface area (Å²) in [6.45, 7) is 4.00. The number of nitrogens with zero attached hydrogens (tertiary/aromatic N) is 5. The molecule has 0 saturated carbocycles. The molecule has 0 saturated heterocycles. The molecule has 8 nitrogen and oxygen atoms in total. The second-order valence-electron chi connectivity index (χ2n) is 4.98. The van der Waals surface area contributed by atoms with Crippen LogP contribution < -0.4 is 10.5 Å². The van der Waals surface area contributed by atoms with E-state index in [-0.39, 0.29) is 12.4 Å². The highest BCUT2D eigenvalue weighted by molar-refractivity contribution is 5.44. The minimum absolute atomic E-state index is 0.193. The Bertz CT molecular complexity index is 886. The molecular weight excluding hydrogens is 298 g/mol. The third-order valence-corrected chi connectivity index (χ3v) is 3.51. The average molecular weight is 313 g/mol. The molecule has 0 fully saturated rings. The molecule has 118 valence electrons. The normalized spacial score (nSPS) is 10.7. The van der Waals surface area contributed by atoms with E-state index in [1.807, 2.05) is 13.8 Å².